The van der Waals surface area contributed by atoms with Crippen LogP contribution in [0.3, 0.4) is 0 Å². The number of hydrogen-bond acceptors (Lipinski definition) is 4. The van der Waals surface area contributed by atoms with Crippen molar-refractivity contribution in [2.45, 2.75) is 32.4 Å². The predicted octanol–water partition coefficient (Wildman–Crippen LogP) is 4.42. The molecular weight excluding hydrogens is 375 g/mol. The van der Waals surface area contributed by atoms with E-state index in [-0.39, 0.29) is 5.91 Å². The first-order valence-corrected chi connectivity index (χ1v) is 9.74. The molecular formula is C19H22F3N3OS. The van der Waals surface area contributed by atoms with E-state index in [4.69, 9.17) is 0 Å². The van der Waals surface area contributed by atoms with E-state index in [1.54, 1.807) is 12.3 Å². The van der Waals surface area contributed by atoms with Crippen molar-refractivity contribution in [3.63, 3.8) is 0 Å². The van der Waals surface area contributed by atoms with E-state index < -0.39 is 11.7 Å². The summed E-state index contributed by atoms with van der Waals surface area (Å²) in [6.45, 7) is 4.41. The molecule has 0 radical (unpaired) electrons. The normalized spacial score (nSPS) is 16.4. The number of anilines is 1. The molecule has 0 spiro atoms. The molecule has 3 rings (SSSR count). The van der Waals surface area contributed by atoms with E-state index in [2.05, 4.69) is 22.1 Å². The summed E-state index contributed by atoms with van der Waals surface area (Å²) in [7, 11) is 0. The molecule has 27 heavy (non-hydrogen) atoms. The van der Waals surface area contributed by atoms with Crippen LogP contribution in [0.25, 0.3) is 0 Å². The molecule has 0 bridgehead atoms. The first-order chi connectivity index (χ1) is 12.8. The van der Waals surface area contributed by atoms with E-state index >= 15 is 0 Å². The molecule has 1 saturated heterocycles. The smallest absolute Gasteiger partial charge is 0.301 e. The van der Waals surface area contributed by atoms with Gasteiger partial charge in [0.1, 0.15) is 0 Å². The van der Waals surface area contributed by atoms with Gasteiger partial charge in [-0.1, -0.05) is 25.1 Å². The lowest BCUT2D eigenvalue weighted by atomic mass is 9.99. The Morgan fingerprint density at radius 1 is 1.33 bits per heavy atom. The van der Waals surface area contributed by atoms with Crippen LogP contribution in [-0.4, -0.2) is 35.4 Å². The number of aromatic nitrogens is 1. The van der Waals surface area contributed by atoms with Gasteiger partial charge in [0.05, 0.1) is 12.1 Å². The van der Waals surface area contributed by atoms with E-state index in [1.807, 2.05) is 0 Å². The van der Waals surface area contributed by atoms with Gasteiger partial charge in [0.2, 0.25) is 5.91 Å². The number of halogens is 3. The second-order valence-corrected chi connectivity index (χ2v) is 8.13. The Balaban J connectivity index is 1.55. The lowest BCUT2D eigenvalue weighted by Gasteiger charge is -2.29. The summed E-state index contributed by atoms with van der Waals surface area (Å²) < 4.78 is 38.4. The van der Waals surface area contributed by atoms with Crippen molar-refractivity contribution in [3.8, 4) is 0 Å². The fourth-order valence-electron chi connectivity index (χ4n) is 3.09. The number of nitrogens with one attached hydrogen (secondary N) is 1. The molecule has 0 saturated carbocycles. The molecule has 1 aliphatic heterocycles. The van der Waals surface area contributed by atoms with Crippen LogP contribution >= 0.6 is 11.3 Å². The molecule has 0 aliphatic carbocycles. The molecule has 8 heteroatoms. The minimum Gasteiger partial charge on any atom is -0.301 e. The van der Waals surface area contributed by atoms with Crippen molar-refractivity contribution in [2.24, 2.45) is 5.92 Å². The van der Waals surface area contributed by atoms with Gasteiger partial charge < -0.3 is 5.32 Å². The van der Waals surface area contributed by atoms with E-state index in [0.29, 0.717) is 29.6 Å². The van der Waals surface area contributed by atoms with Gasteiger partial charge in [-0.25, -0.2) is 4.98 Å². The summed E-state index contributed by atoms with van der Waals surface area (Å²) in [5.74, 6) is 0.603. The highest BCUT2D eigenvalue weighted by Gasteiger charge is 2.30. The molecule has 4 nitrogen and oxygen atoms in total. The van der Waals surface area contributed by atoms with Crippen molar-refractivity contribution in [2.75, 3.05) is 25.0 Å². The van der Waals surface area contributed by atoms with Crippen LogP contribution < -0.4 is 5.32 Å². The SMILES string of the molecule is CC1CCN(CC(=O)Nc2ncc(Cc3cccc(C(F)(F)F)c3)s2)CC1. The van der Waals surface area contributed by atoms with E-state index in [1.165, 1.54) is 17.4 Å². The number of likely N-dealkylation sites (tertiary alicyclic amines) is 1. The van der Waals surface area contributed by atoms with Crippen LogP contribution in [0.5, 0.6) is 0 Å². The molecule has 2 aromatic rings. The van der Waals surface area contributed by atoms with Gasteiger partial charge in [-0.05, 0) is 43.5 Å². The zero-order valence-electron chi connectivity index (χ0n) is 15.1. The van der Waals surface area contributed by atoms with Gasteiger partial charge in [-0.2, -0.15) is 13.2 Å². The molecule has 0 atom stereocenters. The highest BCUT2D eigenvalue weighted by atomic mass is 32.1. The second kappa shape index (κ2) is 8.39. The average Bonchev–Trinajstić information content (AvgIpc) is 3.03. The maximum Gasteiger partial charge on any atom is 0.416 e. The van der Waals surface area contributed by atoms with Gasteiger partial charge in [0, 0.05) is 17.5 Å². The van der Waals surface area contributed by atoms with Crippen molar-refractivity contribution in [1.29, 1.82) is 0 Å². The number of benzene rings is 1. The first kappa shape index (κ1) is 19.8. The number of piperidine rings is 1. The van der Waals surface area contributed by atoms with Crippen LogP contribution in [0.4, 0.5) is 18.3 Å². The first-order valence-electron chi connectivity index (χ1n) is 8.92. The summed E-state index contributed by atoms with van der Waals surface area (Å²) in [5.41, 5.74) is -0.0947. The lowest BCUT2D eigenvalue weighted by Crippen LogP contribution is -2.38. The zero-order valence-corrected chi connectivity index (χ0v) is 15.9. The summed E-state index contributed by atoms with van der Waals surface area (Å²) in [6.07, 6.45) is -0.197. The summed E-state index contributed by atoms with van der Waals surface area (Å²) in [5, 5.41) is 3.27. The number of nitrogens with zero attached hydrogens (tertiary/aromatic N) is 2. The van der Waals surface area contributed by atoms with Crippen molar-refractivity contribution in [1.82, 2.24) is 9.88 Å². The largest absolute Gasteiger partial charge is 0.416 e. The Hall–Kier alpha value is -1.93. The minimum atomic E-state index is -4.35. The molecule has 1 aromatic carbocycles. The van der Waals surface area contributed by atoms with Crippen molar-refractivity contribution < 1.29 is 18.0 Å². The minimum absolute atomic E-state index is 0.107. The van der Waals surface area contributed by atoms with Crippen LogP contribution in [0.1, 0.15) is 35.8 Å². The van der Waals surface area contributed by atoms with Gasteiger partial charge in [0.15, 0.2) is 5.13 Å². The summed E-state index contributed by atoms with van der Waals surface area (Å²) >= 11 is 1.29. The Kier molecular flexibility index (Phi) is 6.16. The lowest BCUT2D eigenvalue weighted by molar-refractivity contribution is -0.137. The standard InChI is InChI=1S/C19H22F3N3OS/c1-13-5-7-25(8-6-13)12-17(26)24-18-23-11-16(27-18)10-14-3-2-4-15(9-14)19(20,21)22/h2-4,9,11,13H,5-8,10,12H2,1H3,(H,23,24,26). The maximum atomic E-state index is 12.8. The van der Waals surface area contributed by atoms with Crippen molar-refractivity contribution >= 4 is 22.4 Å². The third-order valence-electron chi connectivity index (χ3n) is 4.68. The monoisotopic (exact) mass is 397 g/mol. The molecule has 1 N–H and O–H groups in total. The van der Waals surface area contributed by atoms with E-state index in [9.17, 15) is 18.0 Å². The summed E-state index contributed by atoms with van der Waals surface area (Å²) in [6, 6.07) is 5.27. The second-order valence-electron chi connectivity index (χ2n) is 7.01. The molecule has 2 heterocycles. The van der Waals surface area contributed by atoms with Crippen LogP contribution in [0.15, 0.2) is 30.5 Å². The molecule has 1 fully saturated rings. The Morgan fingerprint density at radius 3 is 2.78 bits per heavy atom. The number of amides is 1. The molecule has 1 aliphatic rings. The Bertz CT molecular complexity index is 783. The molecule has 1 amide bonds. The fourth-order valence-corrected chi connectivity index (χ4v) is 3.95. The third-order valence-corrected chi connectivity index (χ3v) is 5.59. The van der Waals surface area contributed by atoms with E-state index in [0.717, 1.165) is 42.9 Å². The third kappa shape index (κ3) is 5.77. The number of carbonyl (C=O) groups is 1. The van der Waals surface area contributed by atoms with Gasteiger partial charge in [-0.15, -0.1) is 11.3 Å². The average molecular weight is 397 g/mol. The Labute approximate surface area is 160 Å². The number of alkyl halides is 3. The number of rotatable bonds is 5. The highest BCUT2D eigenvalue weighted by molar-refractivity contribution is 7.15. The van der Waals surface area contributed by atoms with Crippen LogP contribution in [0.2, 0.25) is 0 Å². The quantitative estimate of drug-likeness (QED) is 0.812. The molecule has 0 unspecified atom stereocenters. The van der Waals surface area contributed by atoms with Crippen molar-refractivity contribution in [3.05, 3.63) is 46.5 Å². The fraction of sp³-hybridized carbons (Fsp3) is 0.474. The van der Waals surface area contributed by atoms with Crippen LogP contribution in [-0.2, 0) is 17.4 Å². The molecule has 146 valence electrons. The van der Waals surface area contributed by atoms with Gasteiger partial charge in [0.25, 0.3) is 0 Å². The number of carbonyl (C=O) groups excluding carboxylic acids is 1. The highest BCUT2D eigenvalue weighted by Crippen LogP contribution is 2.30. The predicted molar refractivity (Wildman–Crippen MR) is 99.8 cm³/mol. The topological polar surface area (TPSA) is 45.2 Å². The number of hydrogen-bond donors (Lipinski definition) is 1. The number of thiazole rings is 1. The zero-order chi connectivity index (χ0) is 19.4. The maximum absolute atomic E-state index is 12.8. The van der Waals surface area contributed by atoms with Gasteiger partial charge in [-0.3, -0.25) is 9.69 Å². The molecule has 1 aromatic heterocycles. The Morgan fingerprint density at radius 2 is 2.07 bits per heavy atom. The summed E-state index contributed by atoms with van der Waals surface area (Å²) in [4.78, 5) is 19.3. The van der Waals surface area contributed by atoms with Crippen LogP contribution in [0, 0.1) is 5.92 Å². The van der Waals surface area contributed by atoms with Gasteiger partial charge >= 0.3 is 6.18 Å².